The van der Waals surface area contributed by atoms with Gasteiger partial charge in [0.2, 0.25) is 5.89 Å². The molecule has 0 amide bonds. The lowest BCUT2D eigenvalue weighted by atomic mass is 10.1. The fourth-order valence-corrected chi connectivity index (χ4v) is 2.41. The molecule has 1 atom stereocenters. The highest BCUT2D eigenvalue weighted by Gasteiger charge is 2.15. The Morgan fingerprint density at radius 2 is 2.00 bits per heavy atom. The van der Waals surface area contributed by atoms with Gasteiger partial charge in [-0.25, -0.2) is 4.98 Å². The Balaban J connectivity index is 1.71. The zero-order chi connectivity index (χ0) is 18.0. The number of nitrogens with two attached hydrogens (primary N) is 1. The van der Waals surface area contributed by atoms with Gasteiger partial charge in [-0.15, -0.1) is 0 Å². The molecule has 0 saturated carbocycles. The molecule has 10 heteroatoms. The number of hydrogen-bond acceptors (Lipinski definition) is 7. The summed E-state index contributed by atoms with van der Waals surface area (Å²) in [4.78, 5) is 19.9. The molecule has 0 aliphatic carbocycles. The molecule has 3 N–H and O–H groups in total. The first-order valence-electron chi connectivity index (χ1n) is 7.19. The Morgan fingerprint density at radius 1 is 1.28 bits per heavy atom. The first-order chi connectivity index (χ1) is 11.9. The summed E-state index contributed by atoms with van der Waals surface area (Å²) in [7, 11) is 0. The molecular formula is C15H13Cl2N5O3. The van der Waals surface area contributed by atoms with Crippen LogP contribution in [0.4, 0.5) is 5.69 Å². The van der Waals surface area contributed by atoms with Crippen LogP contribution in [0.3, 0.4) is 0 Å². The molecule has 0 bridgehead atoms. The van der Waals surface area contributed by atoms with Gasteiger partial charge >= 0.3 is 0 Å². The van der Waals surface area contributed by atoms with E-state index in [1.807, 2.05) is 0 Å². The van der Waals surface area contributed by atoms with Gasteiger partial charge in [0.05, 0.1) is 12.4 Å². The van der Waals surface area contributed by atoms with Crippen molar-refractivity contribution in [2.75, 3.05) is 5.73 Å². The second-order valence-electron chi connectivity index (χ2n) is 5.26. The average Bonchev–Trinajstić information content (AvgIpc) is 3.03. The van der Waals surface area contributed by atoms with Crippen LogP contribution < -0.4 is 11.3 Å². The van der Waals surface area contributed by atoms with Crippen molar-refractivity contribution < 1.29 is 9.63 Å². The Hall–Kier alpha value is -2.42. The minimum absolute atomic E-state index is 0.00274. The van der Waals surface area contributed by atoms with Gasteiger partial charge in [-0.05, 0) is 17.7 Å². The first-order valence-corrected chi connectivity index (χ1v) is 7.95. The van der Waals surface area contributed by atoms with Crippen molar-refractivity contribution in [1.29, 1.82) is 0 Å². The zero-order valence-electron chi connectivity index (χ0n) is 12.8. The van der Waals surface area contributed by atoms with E-state index in [2.05, 4.69) is 15.1 Å². The number of hydrogen-bond donors (Lipinski definition) is 2. The van der Waals surface area contributed by atoms with Crippen LogP contribution in [-0.2, 0) is 13.0 Å². The Kier molecular flexibility index (Phi) is 5.03. The number of nitrogens with zero attached hydrogens (tertiary/aromatic N) is 4. The van der Waals surface area contributed by atoms with Crippen molar-refractivity contribution in [2.24, 2.45) is 0 Å². The lowest BCUT2D eigenvalue weighted by molar-refractivity contribution is 0.174. The lowest BCUT2D eigenvalue weighted by Crippen LogP contribution is -2.24. The normalized spacial score (nSPS) is 12.3. The van der Waals surface area contributed by atoms with E-state index in [9.17, 15) is 9.90 Å². The van der Waals surface area contributed by atoms with Crippen molar-refractivity contribution in [2.45, 2.75) is 19.1 Å². The van der Waals surface area contributed by atoms with Gasteiger partial charge in [0, 0.05) is 11.4 Å². The highest BCUT2D eigenvalue weighted by molar-refractivity contribution is 6.31. The summed E-state index contributed by atoms with van der Waals surface area (Å²) in [5, 5.41) is 14.5. The van der Waals surface area contributed by atoms with E-state index in [-0.39, 0.29) is 29.7 Å². The van der Waals surface area contributed by atoms with Crippen molar-refractivity contribution in [1.82, 2.24) is 19.7 Å². The number of benzene rings is 1. The van der Waals surface area contributed by atoms with E-state index < -0.39 is 11.7 Å². The lowest BCUT2D eigenvalue weighted by Gasteiger charge is -2.08. The van der Waals surface area contributed by atoms with Crippen molar-refractivity contribution in [3.63, 3.8) is 0 Å². The molecule has 0 radical (unpaired) electrons. The Bertz CT molecular complexity index is 939. The van der Waals surface area contributed by atoms with Crippen LogP contribution in [0.1, 0.15) is 23.4 Å². The van der Waals surface area contributed by atoms with E-state index >= 15 is 0 Å². The third kappa shape index (κ3) is 3.98. The number of aliphatic hydroxyl groups excluding tert-OH is 1. The molecule has 0 saturated heterocycles. The topological polar surface area (TPSA) is 120 Å². The Morgan fingerprint density at radius 3 is 2.72 bits per heavy atom. The predicted octanol–water partition coefficient (Wildman–Crippen LogP) is 1.84. The predicted molar refractivity (Wildman–Crippen MR) is 91.4 cm³/mol. The maximum atomic E-state index is 12.0. The molecule has 3 rings (SSSR count). The van der Waals surface area contributed by atoms with Crippen LogP contribution >= 0.6 is 23.2 Å². The van der Waals surface area contributed by atoms with Crippen molar-refractivity contribution in [3.05, 3.63) is 68.4 Å². The van der Waals surface area contributed by atoms with Crippen LogP contribution in [-0.4, -0.2) is 24.8 Å². The number of halogens is 2. The van der Waals surface area contributed by atoms with Crippen molar-refractivity contribution >= 4 is 28.9 Å². The first kappa shape index (κ1) is 17.4. The highest BCUT2D eigenvalue weighted by Crippen LogP contribution is 2.19. The molecule has 2 heterocycles. The van der Waals surface area contributed by atoms with Crippen molar-refractivity contribution in [3.8, 4) is 0 Å². The van der Waals surface area contributed by atoms with Crippen LogP contribution in [0.5, 0.6) is 0 Å². The van der Waals surface area contributed by atoms with Gasteiger partial charge in [0.1, 0.15) is 12.2 Å². The third-order valence-electron chi connectivity index (χ3n) is 3.47. The van der Waals surface area contributed by atoms with Crippen LogP contribution in [0.15, 0.2) is 39.9 Å². The Labute approximate surface area is 151 Å². The van der Waals surface area contributed by atoms with E-state index in [0.29, 0.717) is 16.4 Å². The van der Waals surface area contributed by atoms with Gasteiger partial charge in [0.25, 0.3) is 5.56 Å². The summed E-state index contributed by atoms with van der Waals surface area (Å²) < 4.78 is 6.30. The number of aliphatic hydroxyl groups is 1. The summed E-state index contributed by atoms with van der Waals surface area (Å²) in [6.45, 7) is -0.00274. The molecule has 1 aromatic carbocycles. The minimum atomic E-state index is -0.807. The van der Waals surface area contributed by atoms with Gasteiger partial charge in [0.15, 0.2) is 11.0 Å². The maximum absolute atomic E-state index is 12.0. The molecule has 0 aliphatic heterocycles. The van der Waals surface area contributed by atoms with Gasteiger partial charge in [-0.1, -0.05) is 40.5 Å². The van der Waals surface area contributed by atoms with Gasteiger partial charge in [-0.2, -0.15) is 4.98 Å². The van der Waals surface area contributed by atoms with Crippen LogP contribution in [0.2, 0.25) is 10.2 Å². The smallest absolute Gasteiger partial charge is 0.278 e. The second-order valence-corrected chi connectivity index (χ2v) is 6.05. The summed E-state index contributed by atoms with van der Waals surface area (Å²) in [5.74, 6) is 0.490. The second kappa shape index (κ2) is 7.22. The molecule has 0 unspecified atom stereocenters. The number of nitrogen functional groups attached to an aromatic ring is 1. The highest BCUT2D eigenvalue weighted by atomic mass is 35.5. The summed E-state index contributed by atoms with van der Waals surface area (Å²) in [5.41, 5.74) is 5.58. The summed E-state index contributed by atoms with van der Waals surface area (Å²) in [6.07, 6.45) is 0.590. The monoisotopic (exact) mass is 381 g/mol. The van der Waals surface area contributed by atoms with Gasteiger partial charge < -0.3 is 15.4 Å². The molecule has 25 heavy (non-hydrogen) atoms. The average molecular weight is 382 g/mol. The van der Waals surface area contributed by atoms with Crippen LogP contribution in [0.25, 0.3) is 0 Å². The SMILES string of the molecule is Nc1c(Cl)ncn(Cc2nc(C[C@H](O)c3ccc(Cl)cc3)no2)c1=O. The van der Waals surface area contributed by atoms with E-state index in [4.69, 9.17) is 33.5 Å². The summed E-state index contributed by atoms with van der Waals surface area (Å²) >= 11 is 11.5. The molecule has 0 fully saturated rings. The zero-order valence-corrected chi connectivity index (χ0v) is 14.3. The molecule has 8 nitrogen and oxygen atoms in total. The van der Waals surface area contributed by atoms with Gasteiger partial charge in [-0.3, -0.25) is 9.36 Å². The molecule has 0 aliphatic rings. The largest absolute Gasteiger partial charge is 0.392 e. The van der Waals surface area contributed by atoms with Crippen LogP contribution in [0, 0.1) is 0 Å². The maximum Gasteiger partial charge on any atom is 0.278 e. The van der Waals surface area contributed by atoms with E-state index in [1.165, 1.54) is 10.9 Å². The minimum Gasteiger partial charge on any atom is -0.392 e. The standard InChI is InChI=1S/C15H13Cl2N5O3/c16-9-3-1-8(2-4-9)10(23)5-11-20-12(25-21-11)6-22-7-19-14(17)13(18)15(22)24/h1-4,7,10,23H,5-6,18H2/t10-/m0/s1. The fraction of sp³-hybridized carbons (Fsp3) is 0.200. The molecule has 130 valence electrons. The number of anilines is 1. The molecule has 3 aromatic rings. The molecule has 2 aromatic heterocycles. The van der Waals surface area contributed by atoms with E-state index in [1.54, 1.807) is 24.3 Å². The fourth-order valence-electron chi connectivity index (χ4n) is 2.16. The molecular weight excluding hydrogens is 369 g/mol. The quantitative estimate of drug-likeness (QED) is 0.646. The third-order valence-corrected chi connectivity index (χ3v) is 4.02. The number of aromatic nitrogens is 4. The number of rotatable bonds is 5. The molecule has 0 spiro atoms. The summed E-state index contributed by atoms with van der Waals surface area (Å²) in [6, 6.07) is 6.81. The van der Waals surface area contributed by atoms with E-state index in [0.717, 1.165) is 0 Å².